The van der Waals surface area contributed by atoms with Crippen molar-refractivity contribution < 1.29 is 4.74 Å². The lowest BCUT2D eigenvalue weighted by molar-refractivity contribution is 0.0811. The van der Waals surface area contributed by atoms with Crippen LogP contribution >= 0.6 is 34.9 Å². The smallest absolute Gasteiger partial charge is 0.137 e. The van der Waals surface area contributed by atoms with Crippen LogP contribution in [0.1, 0.15) is 30.0 Å². The van der Waals surface area contributed by atoms with Crippen LogP contribution in [0, 0.1) is 11.3 Å². The van der Waals surface area contributed by atoms with Gasteiger partial charge in [-0.25, -0.2) is 0 Å². The molecular weight excluding hydrogens is 270 g/mol. The first-order valence-corrected chi connectivity index (χ1v) is 8.35. The van der Waals surface area contributed by atoms with E-state index < -0.39 is 0 Å². The second-order valence-electron chi connectivity index (χ2n) is 4.90. The highest BCUT2D eigenvalue weighted by atomic mass is 32.2. The molecule has 2 aliphatic heterocycles. The van der Waals surface area contributed by atoms with E-state index in [9.17, 15) is 0 Å². The van der Waals surface area contributed by atoms with Crippen molar-refractivity contribution in [2.75, 3.05) is 11.5 Å². The summed E-state index contributed by atoms with van der Waals surface area (Å²) in [6, 6.07) is 4.14. The molecule has 1 aromatic heterocycles. The first-order valence-electron chi connectivity index (χ1n) is 5.56. The van der Waals surface area contributed by atoms with E-state index in [1.807, 2.05) is 29.6 Å². The Balaban J connectivity index is 2.13. The summed E-state index contributed by atoms with van der Waals surface area (Å²) >= 11 is 5.64. The average Bonchev–Trinajstić information content (AvgIpc) is 2.83. The van der Waals surface area contributed by atoms with Crippen LogP contribution in [0.4, 0.5) is 0 Å². The number of nitriles is 1. The van der Waals surface area contributed by atoms with Crippen molar-refractivity contribution in [2.45, 2.75) is 29.9 Å². The molecule has 0 aliphatic carbocycles. The Morgan fingerprint density at radius 1 is 1.35 bits per heavy atom. The zero-order valence-corrected chi connectivity index (χ0v) is 12.2. The highest BCUT2D eigenvalue weighted by Gasteiger charge is 2.49. The highest BCUT2D eigenvalue weighted by Crippen LogP contribution is 2.63. The van der Waals surface area contributed by atoms with Gasteiger partial charge in [0, 0.05) is 24.0 Å². The molecule has 0 atom stereocenters. The fourth-order valence-electron chi connectivity index (χ4n) is 2.43. The van der Waals surface area contributed by atoms with Gasteiger partial charge in [-0.05, 0) is 13.8 Å². The van der Waals surface area contributed by atoms with Gasteiger partial charge in [-0.15, -0.1) is 34.9 Å². The molecule has 17 heavy (non-hydrogen) atoms. The molecule has 2 nitrogen and oxygen atoms in total. The Bertz CT molecular complexity index is 494. The maximum Gasteiger partial charge on any atom is 0.137 e. The third-order valence-corrected chi connectivity index (χ3v) is 7.81. The summed E-state index contributed by atoms with van der Waals surface area (Å²) < 4.78 is 6.16. The zero-order valence-electron chi connectivity index (χ0n) is 9.78. The molecule has 5 heteroatoms. The summed E-state index contributed by atoms with van der Waals surface area (Å²) in [6.07, 6.45) is 1.02. The number of fused-ring (bicyclic) bond motifs is 2. The molecule has 0 aromatic carbocycles. The van der Waals surface area contributed by atoms with Crippen LogP contribution in [0.5, 0.6) is 5.75 Å². The summed E-state index contributed by atoms with van der Waals surface area (Å²) in [4.78, 5) is 2.03. The SMILES string of the molecule is CC1(C)CC2(SCCS2)c2sc(C#N)cc2O1. The maximum absolute atomic E-state index is 9.04. The number of hydrogen-bond acceptors (Lipinski definition) is 5. The van der Waals surface area contributed by atoms with Crippen molar-refractivity contribution >= 4 is 34.9 Å². The predicted molar refractivity (Wildman–Crippen MR) is 75.0 cm³/mol. The van der Waals surface area contributed by atoms with Crippen LogP contribution in [-0.4, -0.2) is 17.1 Å². The van der Waals surface area contributed by atoms with Crippen LogP contribution in [0.15, 0.2) is 6.07 Å². The molecule has 1 saturated heterocycles. The van der Waals surface area contributed by atoms with E-state index in [-0.39, 0.29) is 9.68 Å². The molecule has 1 spiro atoms. The molecule has 0 radical (unpaired) electrons. The molecule has 0 unspecified atom stereocenters. The van der Waals surface area contributed by atoms with E-state index in [1.54, 1.807) is 11.3 Å². The minimum absolute atomic E-state index is 0.134. The molecule has 1 aromatic rings. The molecule has 3 rings (SSSR count). The second-order valence-corrected chi connectivity index (χ2v) is 9.00. The van der Waals surface area contributed by atoms with Gasteiger partial charge in [0.25, 0.3) is 0 Å². The van der Waals surface area contributed by atoms with E-state index in [4.69, 9.17) is 10.00 Å². The first kappa shape index (κ1) is 11.8. The van der Waals surface area contributed by atoms with Gasteiger partial charge < -0.3 is 4.74 Å². The van der Waals surface area contributed by atoms with Crippen molar-refractivity contribution in [3.63, 3.8) is 0 Å². The van der Waals surface area contributed by atoms with Gasteiger partial charge in [-0.3, -0.25) is 0 Å². The fraction of sp³-hybridized carbons (Fsp3) is 0.583. The Hall–Kier alpha value is -0.310. The monoisotopic (exact) mass is 283 g/mol. The second kappa shape index (κ2) is 3.84. The number of hydrogen-bond donors (Lipinski definition) is 0. The van der Waals surface area contributed by atoms with Crippen LogP contribution in [0.25, 0.3) is 0 Å². The summed E-state index contributed by atoms with van der Waals surface area (Å²) in [5, 5.41) is 9.04. The molecule has 0 saturated carbocycles. The van der Waals surface area contributed by atoms with E-state index in [0.29, 0.717) is 0 Å². The largest absolute Gasteiger partial charge is 0.486 e. The Morgan fingerprint density at radius 2 is 2.06 bits per heavy atom. The molecule has 0 N–H and O–H groups in total. The molecule has 2 aliphatic rings. The molecular formula is C12H13NOS3. The minimum Gasteiger partial charge on any atom is -0.486 e. The van der Waals surface area contributed by atoms with Crippen LogP contribution in [-0.2, 0) is 4.08 Å². The highest BCUT2D eigenvalue weighted by molar-refractivity contribution is 8.20. The van der Waals surface area contributed by atoms with Crippen LogP contribution in [0.2, 0.25) is 0 Å². The number of ether oxygens (including phenoxy) is 1. The van der Waals surface area contributed by atoms with Crippen LogP contribution < -0.4 is 4.74 Å². The first-order chi connectivity index (χ1) is 8.05. The van der Waals surface area contributed by atoms with Gasteiger partial charge >= 0.3 is 0 Å². The number of rotatable bonds is 0. The van der Waals surface area contributed by atoms with Crippen molar-refractivity contribution in [1.29, 1.82) is 5.26 Å². The lowest BCUT2D eigenvalue weighted by Gasteiger charge is -2.41. The van der Waals surface area contributed by atoms with Gasteiger partial charge in [0.05, 0.1) is 4.88 Å². The standard InChI is InChI=1S/C12H13NOS3/c1-11(2)7-12(15-3-4-16-12)10-9(14-11)5-8(6-13)17-10/h5H,3-4,7H2,1-2H3. The predicted octanol–water partition coefficient (Wildman–Crippen LogP) is 3.81. The Morgan fingerprint density at radius 3 is 2.71 bits per heavy atom. The van der Waals surface area contributed by atoms with E-state index in [0.717, 1.165) is 17.0 Å². The summed E-state index contributed by atoms with van der Waals surface area (Å²) in [5.41, 5.74) is -0.134. The maximum atomic E-state index is 9.04. The van der Waals surface area contributed by atoms with Gasteiger partial charge in [-0.1, -0.05) is 0 Å². The molecule has 3 heterocycles. The number of nitrogens with zero attached hydrogens (tertiary/aromatic N) is 1. The lowest BCUT2D eigenvalue weighted by atomic mass is 9.98. The quantitative estimate of drug-likeness (QED) is 0.725. The van der Waals surface area contributed by atoms with E-state index >= 15 is 0 Å². The third-order valence-electron chi connectivity index (χ3n) is 2.95. The van der Waals surface area contributed by atoms with Gasteiger partial charge in [0.2, 0.25) is 0 Å². The van der Waals surface area contributed by atoms with E-state index in [2.05, 4.69) is 19.9 Å². The summed E-state index contributed by atoms with van der Waals surface area (Å²) in [7, 11) is 0. The van der Waals surface area contributed by atoms with Crippen molar-refractivity contribution in [2.24, 2.45) is 0 Å². The van der Waals surface area contributed by atoms with Gasteiger partial charge in [-0.2, -0.15) is 5.26 Å². The Kier molecular flexibility index (Phi) is 2.66. The third kappa shape index (κ3) is 1.87. The van der Waals surface area contributed by atoms with Gasteiger partial charge in [0.1, 0.15) is 26.4 Å². The normalized spacial score (nSPS) is 24.1. The summed E-state index contributed by atoms with van der Waals surface area (Å²) in [6.45, 7) is 4.28. The van der Waals surface area contributed by atoms with E-state index in [1.165, 1.54) is 16.4 Å². The molecule has 0 amide bonds. The minimum atomic E-state index is -0.134. The van der Waals surface area contributed by atoms with Gasteiger partial charge in [0.15, 0.2) is 0 Å². The van der Waals surface area contributed by atoms with Crippen molar-refractivity contribution in [3.05, 3.63) is 15.8 Å². The molecule has 90 valence electrons. The fourth-order valence-corrected chi connectivity index (χ4v) is 7.42. The Labute approximate surface area is 114 Å². The topological polar surface area (TPSA) is 33.0 Å². The average molecular weight is 283 g/mol. The van der Waals surface area contributed by atoms with Crippen molar-refractivity contribution in [1.82, 2.24) is 0 Å². The molecule has 1 fully saturated rings. The van der Waals surface area contributed by atoms with Crippen LogP contribution in [0.3, 0.4) is 0 Å². The van der Waals surface area contributed by atoms with Crippen molar-refractivity contribution in [3.8, 4) is 11.8 Å². The lowest BCUT2D eigenvalue weighted by Crippen LogP contribution is -2.39. The number of thiophene rings is 1. The molecule has 0 bridgehead atoms. The zero-order chi connectivity index (χ0) is 12.1. The number of thioether (sulfide) groups is 2. The summed E-state index contributed by atoms with van der Waals surface area (Å²) in [5.74, 6) is 3.32.